The molecule has 0 atom stereocenters. The second-order valence-corrected chi connectivity index (χ2v) is 9.40. The summed E-state index contributed by atoms with van der Waals surface area (Å²) in [7, 11) is 8.45. The highest BCUT2D eigenvalue weighted by Gasteiger charge is 2.21. The highest BCUT2D eigenvalue weighted by Crippen LogP contribution is 2.40. The summed E-state index contributed by atoms with van der Waals surface area (Å²) in [5.41, 5.74) is 1.99. The molecule has 218 valence electrons. The standard InChI is InChI=1S/C28H34ClN7O5/c1-8-25(37)33-20-13-18(41-12-11-35(3)4)9-10-19(20)32-23-15-24(31-16-30-23)36(5)28(38)34-27-17(2)21(39-6)14-22(40-7)26(27)29/h8-10,13-16H,1,11-12H2,2-7H3,(H,33,37)(H,34,38)(H,30,31,32). The fraction of sp³-hybridized carbons (Fsp3) is 0.286. The van der Waals surface area contributed by atoms with Crippen molar-refractivity contribution in [1.29, 1.82) is 0 Å². The third kappa shape index (κ3) is 7.99. The predicted molar refractivity (Wildman–Crippen MR) is 161 cm³/mol. The van der Waals surface area contributed by atoms with Crippen LogP contribution in [0.3, 0.4) is 0 Å². The number of carbonyl (C=O) groups excluding carboxylic acids is 2. The van der Waals surface area contributed by atoms with Crippen LogP contribution in [0, 0.1) is 6.92 Å². The lowest BCUT2D eigenvalue weighted by atomic mass is 10.1. The molecule has 0 aliphatic carbocycles. The summed E-state index contributed by atoms with van der Waals surface area (Å²) in [6, 6.07) is 7.96. The minimum atomic E-state index is -0.506. The maximum absolute atomic E-state index is 13.2. The first-order valence-corrected chi connectivity index (χ1v) is 12.9. The highest BCUT2D eigenvalue weighted by molar-refractivity contribution is 6.35. The molecule has 0 aliphatic heterocycles. The Balaban J connectivity index is 1.83. The van der Waals surface area contributed by atoms with Crippen molar-refractivity contribution in [2.75, 3.05) is 69.4 Å². The van der Waals surface area contributed by atoms with E-state index < -0.39 is 6.03 Å². The van der Waals surface area contributed by atoms with Crippen LogP contribution >= 0.6 is 11.6 Å². The molecule has 0 radical (unpaired) electrons. The van der Waals surface area contributed by atoms with E-state index in [2.05, 4.69) is 32.5 Å². The van der Waals surface area contributed by atoms with Crippen LogP contribution in [0.15, 0.2) is 49.3 Å². The van der Waals surface area contributed by atoms with Crippen molar-refractivity contribution in [1.82, 2.24) is 14.9 Å². The maximum atomic E-state index is 13.2. The summed E-state index contributed by atoms with van der Waals surface area (Å²) in [5.74, 6) is 1.73. The number of anilines is 5. The molecule has 0 unspecified atom stereocenters. The molecule has 0 bridgehead atoms. The van der Waals surface area contributed by atoms with E-state index in [9.17, 15) is 9.59 Å². The van der Waals surface area contributed by atoms with Gasteiger partial charge in [0.15, 0.2) is 0 Å². The lowest BCUT2D eigenvalue weighted by Gasteiger charge is -2.21. The van der Waals surface area contributed by atoms with Crippen molar-refractivity contribution in [2.45, 2.75) is 6.92 Å². The molecule has 0 fully saturated rings. The number of hydrogen-bond donors (Lipinski definition) is 3. The second-order valence-electron chi connectivity index (χ2n) is 9.02. The van der Waals surface area contributed by atoms with Gasteiger partial charge >= 0.3 is 6.03 Å². The first kappa shape index (κ1) is 31.0. The largest absolute Gasteiger partial charge is 0.496 e. The van der Waals surface area contributed by atoms with Gasteiger partial charge in [-0.15, -0.1) is 0 Å². The Morgan fingerprint density at radius 1 is 1.02 bits per heavy atom. The van der Waals surface area contributed by atoms with Crippen molar-refractivity contribution in [3.63, 3.8) is 0 Å². The second kappa shape index (κ2) is 14.2. The number of likely N-dealkylation sites (N-methyl/N-ethyl adjacent to an activating group) is 1. The molecule has 0 spiro atoms. The zero-order chi connectivity index (χ0) is 30.1. The first-order chi connectivity index (χ1) is 19.6. The number of nitrogens with zero attached hydrogens (tertiary/aromatic N) is 4. The smallest absolute Gasteiger partial charge is 0.327 e. The summed E-state index contributed by atoms with van der Waals surface area (Å²) in [6.45, 7) is 6.50. The summed E-state index contributed by atoms with van der Waals surface area (Å²) in [4.78, 5) is 37.1. The Labute approximate surface area is 244 Å². The van der Waals surface area contributed by atoms with Gasteiger partial charge in [-0.2, -0.15) is 0 Å². The summed E-state index contributed by atoms with van der Waals surface area (Å²) in [6.07, 6.45) is 2.49. The van der Waals surface area contributed by atoms with E-state index >= 15 is 0 Å². The quantitative estimate of drug-likeness (QED) is 0.254. The van der Waals surface area contributed by atoms with E-state index in [0.717, 1.165) is 6.54 Å². The van der Waals surface area contributed by atoms with Crippen LogP contribution in [0.5, 0.6) is 17.2 Å². The fourth-order valence-electron chi connectivity index (χ4n) is 3.60. The topological polar surface area (TPSA) is 130 Å². The van der Waals surface area contributed by atoms with Crippen LogP contribution in [0.1, 0.15) is 5.56 Å². The number of rotatable bonds is 12. The molecule has 2 aromatic carbocycles. The van der Waals surface area contributed by atoms with Crippen molar-refractivity contribution < 1.29 is 23.8 Å². The van der Waals surface area contributed by atoms with Gasteiger partial charge in [0.25, 0.3) is 0 Å². The monoisotopic (exact) mass is 583 g/mol. The molecule has 1 aromatic heterocycles. The number of benzene rings is 2. The predicted octanol–water partition coefficient (Wildman–Crippen LogP) is 4.93. The van der Waals surface area contributed by atoms with Gasteiger partial charge < -0.3 is 35.1 Å². The molecule has 13 heteroatoms. The average Bonchev–Trinajstić information content (AvgIpc) is 2.96. The van der Waals surface area contributed by atoms with E-state index in [1.165, 1.54) is 31.5 Å². The van der Waals surface area contributed by atoms with Gasteiger partial charge in [0, 0.05) is 37.4 Å². The number of amides is 3. The zero-order valence-electron chi connectivity index (χ0n) is 23.9. The number of nitrogens with one attached hydrogen (secondary N) is 3. The van der Waals surface area contributed by atoms with Gasteiger partial charge in [0.1, 0.15) is 46.8 Å². The van der Waals surface area contributed by atoms with E-state index in [0.29, 0.717) is 58.1 Å². The summed E-state index contributed by atoms with van der Waals surface area (Å²) >= 11 is 6.47. The number of carbonyl (C=O) groups is 2. The Bertz CT molecular complexity index is 1390. The van der Waals surface area contributed by atoms with E-state index in [1.54, 1.807) is 44.3 Å². The average molecular weight is 584 g/mol. The summed E-state index contributed by atoms with van der Waals surface area (Å²) in [5, 5.41) is 8.97. The number of aromatic nitrogens is 2. The molecule has 3 aromatic rings. The van der Waals surface area contributed by atoms with Crippen LogP contribution in [-0.4, -0.2) is 75.3 Å². The van der Waals surface area contributed by atoms with E-state index in [1.807, 2.05) is 19.0 Å². The SMILES string of the molecule is C=CC(=O)Nc1cc(OCCN(C)C)ccc1Nc1cc(N(C)C(=O)Nc2c(C)c(OC)cc(OC)c2Cl)ncn1. The van der Waals surface area contributed by atoms with Gasteiger partial charge in [-0.3, -0.25) is 9.69 Å². The molecule has 12 nitrogen and oxygen atoms in total. The van der Waals surface area contributed by atoms with Crippen LogP contribution in [0.25, 0.3) is 0 Å². The van der Waals surface area contributed by atoms with Crippen LogP contribution in [0.4, 0.5) is 33.5 Å². The highest BCUT2D eigenvalue weighted by atomic mass is 35.5. The molecule has 0 aliphatic rings. The van der Waals surface area contributed by atoms with Crippen molar-refractivity contribution >= 4 is 52.2 Å². The number of hydrogen-bond acceptors (Lipinski definition) is 9. The van der Waals surface area contributed by atoms with Crippen LogP contribution in [-0.2, 0) is 4.79 Å². The molecule has 41 heavy (non-hydrogen) atoms. The van der Waals surface area contributed by atoms with Crippen molar-refractivity contribution in [2.24, 2.45) is 0 Å². The molecule has 3 amide bonds. The number of urea groups is 1. The van der Waals surface area contributed by atoms with Crippen molar-refractivity contribution in [3.05, 3.63) is 59.9 Å². The Morgan fingerprint density at radius 3 is 2.41 bits per heavy atom. The summed E-state index contributed by atoms with van der Waals surface area (Å²) < 4.78 is 16.5. The zero-order valence-corrected chi connectivity index (χ0v) is 24.6. The van der Waals surface area contributed by atoms with Crippen LogP contribution in [0.2, 0.25) is 5.02 Å². The van der Waals surface area contributed by atoms with Gasteiger partial charge in [-0.25, -0.2) is 14.8 Å². The fourth-order valence-corrected chi connectivity index (χ4v) is 3.92. The Morgan fingerprint density at radius 2 is 1.76 bits per heavy atom. The molecule has 1 heterocycles. The lowest BCUT2D eigenvalue weighted by Crippen LogP contribution is -2.32. The maximum Gasteiger partial charge on any atom is 0.327 e. The van der Waals surface area contributed by atoms with Crippen LogP contribution < -0.4 is 35.1 Å². The van der Waals surface area contributed by atoms with E-state index in [4.69, 9.17) is 25.8 Å². The molecule has 0 saturated carbocycles. The van der Waals surface area contributed by atoms with Gasteiger partial charge in [0.2, 0.25) is 5.91 Å². The first-order valence-electron chi connectivity index (χ1n) is 12.5. The van der Waals surface area contributed by atoms with Gasteiger partial charge in [-0.05, 0) is 39.2 Å². The molecule has 3 rings (SSSR count). The van der Waals surface area contributed by atoms with Gasteiger partial charge in [-0.1, -0.05) is 18.2 Å². The molecule has 0 saturated heterocycles. The molecular formula is C28H34ClN7O5. The van der Waals surface area contributed by atoms with Crippen molar-refractivity contribution in [3.8, 4) is 17.2 Å². The number of ether oxygens (including phenoxy) is 3. The molecular weight excluding hydrogens is 550 g/mol. The number of methoxy groups -OCH3 is 2. The third-order valence-electron chi connectivity index (χ3n) is 5.92. The minimum absolute atomic E-state index is 0.237. The Kier molecular flexibility index (Phi) is 10.7. The van der Waals surface area contributed by atoms with E-state index in [-0.39, 0.29) is 10.9 Å². The minimum Gasteiger partial charge on any atom is -0.496 e. The normalized spacial score (nSPS) is 10.5. The van der Waals surface area contributed by atoms with Gasteiger partial charge in [0.05, 0.1) is 31.3 Å². The lowest BCUT2D eigenvalue weighted by molar-refractivity contribution is -0.111. The molecule has 3 N–H and O–H groups in total. The third-order valence-corrected chi connectivity index (χ3v) is 6.29. The number of halogens is 1. The Hall–Kier alpha value is -4.55.